The van der Waals surface area contributed by atoms with Gasteiger partial charge in [-0.15, -0.1) is 6.58 Å². The van der Waals surface area contributed by atoms with Crippen LogP contribution < -0.4 is 0 Å². The zero-order chi connectivity index (χ0) is 8.74. The van der Waals surface area contributed by atoms with Crippen molar-refractivity contribution in [3.8, 4) is 0 Å². The molecule has 0 heterocycles. The normalized spacial score (nSPS) is 11.5. The molecule has 0 radical (unpaired) electrons. The van der Waals surface area contributed by atoms with Crippen LogP contribution in [0.2, 0.25) is 12.1 Å². The van der Waals surface area contributed by atoms with Crippen molar-refractivity contribution in [2.75, 3.05) is 13.7 Å². The van der Waals surface area contributed by atoms with E-state index in [4.69, 9.17) is 8.85 Å². The third-order valence-electron chi connectivity index (χ3n) is 1.91. The van der Waals surface area contributed by atoms with E-state index in [0.717, 1.165) is 12.1 Å². The topological polar surface area (TPSA) is 18.5 Å². The summed E-state index contributed by atoms with van der Waals surface area (Å²) in [5, 5.41) is 0. The highest BCUT2D eigenvalue weighted by Gasteiger charge is 2.31. The monoisotopic (exact) mass is 174 g/mol. The molecule has 2 nitrogen and oxygen atoms in total. The van der Waals surface area contributed by atoms with Crippen LogP contribution in [0.25, 0.3) is 0 Å². The van der Waals surface area contributed by atoms with E-state index in [1.54, 1.807) is 13.2 Å². The van der Waals surface area contributed by atoms with Crippen LogP contribution in [-0.2, 0) is 8.85 Å². The summed E-state index contributed by atoms with van der Waals surface area (Å²) in [5.41, 5.74) is 0. The molecule has 11 heavy (non-hydrogen) atoms. The Morgan fingerprint density at radius 3 is 2.18 bits per heavy atom. The predicted octanol–water partition coefficient (Wildman–Crippen LogP) is 2.32. The quantitative estimate of drug-likeness (QED) is 0.454. The fourth-order valence-electron chi connectivity index (χ4n) is 1.01. The second kappa shape index (κ2) is 5.52. The van der Waals surface area contributed by atoms with Gasteiger partial charge >= 0.3 is 8.56 Å². The van der Waals surface area contributed by atoms with E-state index in [1.165, 1.54) is 0 Å². The summed E-state index contributed by atoms with van der Waals surface area (Å²) in [6.07, 6.45) is 1.77. The lowest BCUT2D eigenvalue weighted by Crippen LogP contribution is -2.39. The lowest BCUT2D eigenvalue weighted by atomic mass is 10.7. The average Bonchev–Trinajstić information content (AvgIpc) is 2.08. The van der Waals surface area contributed by atoms with Gasteiger partial charge in [0.25, 0.3) is 0 Å². The standard InChI is InChI=1S/C8H18O2Si/c1-5-8-10-11(6-2,7-3)9-4/h5H,1,6-8H2,2-4H3. The van der Waals surface area contributed by atoms with Gasteiger partial charge in [0.05, 0.1) is 6.61 Å². The van der Waals surface area contributed by atoms with Gasteiger partial charge in [0.15, 0.2) is 0 Å². The molecule has 0 bridgehead atoms. The van der Waals surface area contributed by atoms with Crippen LogP contribution in [0, 0.1) is 0 Å². The maximum absolute atomic E-state index is 5.62. The minimum Gasteiger partial charge on any atom is -0.398 e. The minimum atomic E-state index is -1.81. The number of hydrogen-bond donors (Lipinski definition) is 0. The van der Waals surface area contributed by atoms with Gasteiger partial charge in [-0.3, -0.25) is 0 Å². The molecule has 3 heteroatoms. The Balaban J connectivity index is 3.93. The highest BCUT2D eigenvalue weighted by molar-refractivity contribution is 6.67. The molecule has 66 valence electrons. The van der Waals surface area contributed by atoms with Crippen molar-refractivity contribution in [2.24, 2.45) is 0 Å². The van der Waals surface area contributed by atoms with Crippen LogP contribution in [-0.4, -0.2) is 22.3 Å². The smallest absolute Gasteiger partial charge is 0.337 e. The molecule has 0 aromatic rings. The van der Waals surface area contributed by atoms with Gasteiger partial charge in [0, 0.05) is 7.11 Å². The molecular formula is C8H18O2Si. The summed E-state index contributed by atoms with van der Waals surface area (Å²) >= 11 is 0. The van der Waals surface area contributed by atoms with Crippen LogP contribution in [0.15, 0.2) is 12.7 Å². The highest BCUT2D eigenvalue weighted by atomic mass is 28.4. The maximum Gasteiger partial charge on any atom is 0.337 e. The summed E-state index contributed by atoms with van der Waals surface area (Å²) in [4.78, 5) is 0. The van der Waals surface area contributed by atoms with E-state index in [1.807, 2.05) is 0 Å². The third kappa shape index (κ3) is 3.18. The summed E-state index contributed by atoms with van der Waals surface area (Å²) in [5.74, 6) is 0. The first-order chi connectivity index (χ1) is 5.24. The molecule has 0 aliphatic carbocycles. The molecule has 0 aliphatic heterocycles. The van der Waals surface area contributed by atoms with Gasteiger partial charge in [0.2, 0.25) is 0 Å². The van der Waals surface area contributed by atoms with Gasteiger partial charge in [-0.25, -0.2) is 0 Å². The first kappa shape index (κ1) is 10.9. The maximum atomic E-state index is 5.62. The summed E-state index contributed by atoms with van der Waals surface area (Å²) in [6.45, 7) is 8.45. The van der Waals surface area contributed by atoms with E-state index in [0.29, 0.717) is 6.61 Å². The molecule has 0 amide bonds. The molecule has 0 aromatic heterocycles. The van der Waals surface area contributed by atoms with Gasteiger partial charge in [-0.2, -0.15) is 0 Å². The fraction of sp³-hybridized carbons (Fsp3) is 0.750. The second-order valence-electron chi connectivity index (χ2n) is 2.42. The Kier molecular flexibility index (Phi) is 5.46. The summed E-state index contributed by atoms with van der Waals surface area (Å²) < 4.78 is 11.0. The zero-order valence-electron chi connectivity index (χ0n) is 7.72. The molecule has 0 spiro atoms. The molecular weight excluding hydrogens is 156 g/mol. The predicted molar refractivity (Wildman–Crippen MR) is 49.9 cm³/mol. The van der Waals surface area contributed by atoms with E-state index >= 15 is 0 Å². The zero-order valence-corrected chi connectivity index (χ0v) is 8.72. The lowest BCUT2D eigenvalue weighted by Gasteiger charge is -2.25. The van der Waals surface area contributed by atoms with Crippen LogP contribution in [0.3, 0.4) is 0 Å². The molecule has 0 N–H and O–H groups in total. The first-order valence-corrected chi connectivity index (χ1v) is 6.27. The number of hydrogen-bond acceptors (Lipinski definition) is 2. The third-order valence-corrected chi connectivity index (χ3v) is 5.51. The summed E-state index contributed by atoms with van der Waals surface area (Å²) in [7, 11) is -0.0712. The molecule has 0 atom stereocenters. The van der Waals surface area contributed by atoms with Crippen LogP contribution >= 0.6 is 0 Å². The Morgan fingerprint density at radius 2 is 1.91 bits per heavy atom. The van der Waals surface area contributed by atoms with Crippen molar-refractivity contribution in [3.63, 3.8) is 0 Å². The highest BCUT2D eigenvalue weighted by Crippen LogP contribution is 2.16. The van der Waals surface area contributed by atoms with E-state index in [9.17, 15) is 0 Å². The number of rotatable bonds is 6. The Labute approximate surface area is 70.5 Å². The van der Waals surface area contributed by atoms with Gasteiger partial charge < -0.3 is 8.85 Å². The molecule has 0 aliphatic rings. The largest absolute Gasteiger partial charge is 0.398 e. The fourth-order valence-corrected chi connectivity index (χ4v) is 3.04. The van der Waals surface area contributed by atoms with Gasteiger partial charge in [0.1, 0.15) is 0 Å². The van der Waals surface area contributed by atoms with E-state index < -0.39 is 8.56 Å². The Morgan fingerprint density at radius 1 is 1.36 bits per heavy atom. The molecule has 0 saturated carbocycles. The summed E-state index contributed by atoms with van der Waals surface area (Å²) in [6, 6.07) is 2.02. The molecule has 0 aromatic carbocycles. The molecule has 0 unspecified atom stereocenters. The lowest BCUT2D eigenvalue weighted by molar-refractivity contribution is 0.221. The first-order valence-electron chi connectivity index (χ1n) is 4.04. The van der Waals surface area contributed by atoms with Crippen molar-refractivity contribution in [3.05, 3.63) is 12.7 Å². The molecule has 0 rings (SSSR count). The second-order valence-corrected chi connectivity index (χ2v) is 6.35. The van der Waals surface area contributed by atoms with E-state index in [2.05, 4.69) is 20.4 Å². The van der Waals surface area contributed by atoms with Gasteiger partial charge in [-0.05, 0) is 12.1 Å². The average molecular weight is 174 g/mol. The molecule has 0 fully saturated rings. The van der Waals surface area contributed by atoms with Crippen LogP contribution in [0.5, 0.6) is 0 Å². The van der Waals surface area contributed by atoms with Crippen molar-refractivity contribution in [2.45, 2.75) is 25.9 Å². The van der Waals surface area contributed by atoms with Gasteiger partial charge in [-0.1, -0.05) is 19.9 Å². The van der Waals surface area contributed by atoms with Crippen LogP contribution in [0.4, 0.5) is 0 Å². The van der Waals surface area contributed by atoms with Crippen molar-refractivity contribution >= 4 is 8.56 Å². The Bertz CT molecular complexity index is 102. The molecule has 0 saturated heterocycles. The SMILES string of the molecule is C=CCO[Si](CC)(CC)OC. The van der Waals surface area contributed by atoms with Crippen molar-refractivity contribution in [1.29, 1.82) is 0 Å². The van der Waals surface area contributed by atoms with Crippen molar-refractivity contribution < 1.29 is 8.85 Å². The van der Waals surface area contributed by atoms with Crippen molar-refractivity contribution in [1.82, 2.24) is 0 Å². The minimum absolute atomic E-state index is 0.613. The van der Waals surface area contributed by atoms with Crippen LogP contribution in [0.1, 0.15) is 13.8 Å². The Hall–Kier alpha value is -0.123. The van der Waals surface area contributed by atoms with E-state index in [-0.39, 0.29) is 0 Å².